The summed E-state index contributed by atoms with van der Waals surface area (Å²) in [6.07, 6.45) is 1.82. The summed E-state index contributed by atoms with van der Waals surface area (Å²) < 4.78 is 17.5. The predicted octanol–water partition coefficient (Wildman–Crippen LogP) is 4.05. The lowest BCUT2D eigenvalue weighted by atomic mass is 10.0. The lowest BCUT2D eigenvalue weighted by Gasteiger charge is -2.31. The van der Waals surface area contributed by atoms with E-state index in [9.17, 15) is 0 Å². The van der Waals surface area contributed by atoms with Crippen LogP contribution in [0.2, 0.25) is 0 Å². The van der Waals surface area contributed by atoms with Crippen molar-refractivity contribution in [2.75, 3.05) is 46.0 Å². The number of thiocarbonyl (C=S) groups is 1. The zero-order chi connectivity index (χ0) is 23.3. The lowest BCUT2D eigenvalue weighted by Crippen LogP contribution is -2.42. The molecule has 0 aliphatic carbocycles. The molecular weight excluding hydrogens is 448 g/mol. The van der Waals surface area contributed by atoms with E-state index < -0.39 is 0 Å². The Hall–Kier alpha value is -2.94. The number of ether oxygens (including phenoxy) is 2. The number of rotatable bonds is 8. The lowest BCUT2D eigenvalue weighted by molar-refractivity contribution is 0.0347. The maximum atomic E-state index is 6.43. The fourth-order valence-electron chi connectivity index (χ4n) is 4.58. The summed E-state index contributed by atoms with van der Waals surface area (Å²) in [4.78, 5) is 9.28. The van der Waals surface area contributed by atoms with Crippen molar-refractivity contribution in [1.82, 2.24) is 20.1 Å². The summed E-state index contributed by atoms with van der Waals surface area (Å²) in [5.74, 6) is 2.55. The van der Waals surface area contributed by atoms with Gasteiger partial charge in [-0.3, -0.25) is 9.88 Å². The van der Waals surface area contributed by atoms with Crippen molar-refractivity contribution < 1.29 is 13.9 Å². The fraction of sp³-hybridized carbons (Fsp3) is 0.385. The van der Waals surface area contributed by atoms with Gasteiger partial charge in [0.25, 0.3) is 0 Å². The molecule has 2 fully saturated rings. The van der Waals surface area contributed by atoms with E-state index in [1.807, 2.05) is 61.7 Å². The summed E-state index contributed by atoms with van der Waals surface area (Å²) in [6.45, 7) is 7.82. The van der Waals surface area contributed by atoms with Crippen molar-refractivity contribution in [3.63, 3.8) is 0 Å². The van der Waals surface area contributed by atoms with Gasteiger partial charge < -0.3 is 24.1 Å². The third-order valence-corrected chi connectivity index (χ3v) is 6.68. The van der Waals surface area contributed by atoms with Crippen molar-refractivity contribution in [1.29, 1.82) is 0 Å². The molecule has 0 unspecified atom stereocenters. The van der Waals surface area contributed by atoms with Gasteiger partial charge in [-0.1, -0.05) is 6.07 Å². The number of furan rings is 1. The van der Waals surface area contributed by atoms with Crippen LogP contribution in [0.25, 0.3) is 11.3 Å². The smallest absolute Gasteiger partial charge is 0.170 e. The fourth-order valence-corrected chi connectivity index (χ4v) is 4.91. The van der Waals surface area contributed by atoms with Crippen LogP contribution in [0, 0.1) is 0 Å². The maximum absolute atomic E-state index is 6.43. The summed E-state index contributed by atoms with van der Waals surface area (Å²) in [5.41, 5.74) is 1.96. The van der Waals surface area contributed by atoms with Gasteiger partial charge in [0.05, 0.1) is 31.6 Å². The number of nitrogens with zero attached hydrogens (tertiary/aromatic N) is 3. The molecule has 0 amide bonds. The number of benzene rings is 1. The van der Waals surface area contributed by atoms with E-state index in [-0.39, 0.29) is 12.1 Å². The molecule has 2 atom stereocenters. The summed E-state index contributed by atoms with van der Waals surface area (Å²) >= 11 is 5.79. The van der Waals surface area contributed by atoms with Crippen LogP contribution in [-0.4, -0.2) is 65.9 Å². The van der Waals surface area contributed by atoms with Crippen LogP contribution in [-0.2, 0) is 4.74 Å². The second-order valence-electron chi connectivity index (χ2n) is 8.43. The van der Waals surface area contributed by atoms with Gasteiger partial charge in [-0.05, 0) is 67.7 Å². The van der Waals surface area contributed by atoms with E-state index in [1.165, 1.54) is 0 Å². The molecule has 0 bridgehead atoms. The van der Waals surface area contributed by atoms with Gasteiger partial charge in [0.2, 0.25) is 0 Å². The van der Waals surface area contributed by atoms with Crippen LogP contribution in [0.15, 0.2) is 65.2 Å². The number of nitrogens with one attached hydrogen (secondary N) is 1. The monoisotopic (exact) mass is 478 g/mol. The highest BCUT2D eigenvalue weighted by Gasteiger charge is 2.41. The quantitative estimate of drug-likeness (QED) is 0.487. The van der Waals surface area contributed by atoms with Crippen LogP contribution >= 0.6 is 12.2 Å². The first-order valence-electron chi connectivity index (χ1n) is 11.8. The highest BCUT2D eigenvalue weighted by Crippen LogP contribution is 2.40. The average molecular weight is 479 g/mol. The molecule has 3 aromatic rings. The molecule has 0 spiro atoms. The molecule has 34 heavy (non-hydrogen) atoms. The third kappa shape index (κ3) is 4.94. The van der Waals surface area contributed by atoms with Crippen LogP contribution in [0.1, 0.15) is 30.5 Å². The number of hydrogen-bond donors (Lipinski definition) is 1. The second-order valence-corrected chi connectivity index (χ2v) is 8.82. The molecule has 0 saturated carbocycles. The third-order valence-electron chi connectivity index (χ3n) is 6.33. The van der Waals surface area contributed by atoms with Crippen molar-refractivity contribution in [3.05, 3.63) is 72.2 Å². The zero-order valence-corrected chi connectivity index (χ0v) is 20.2. The van der Waals surface area contributed by atoms with E-state index in [0.29, 0.717) is 6.61 Å². The molecule has 178 valence electrons. The molecule has 2 aliphatic heterocycles. The Labute approximate surface area is 205 Å². The Morgan fingerprint density at radius 1 is 1.06 bits per heavy atom. The molecular formula is C26H30N4O3S. The molecule has 8 heteroatoms. The Balaban J connectivity index is 1.41. The Morgan fingerprint density at radius 2 is 1.88 bits per heavy atom. The predicted molar refractivity (Wildman–Crippen MR) is 135 cm³/mol. The van der Waals surface area contributed by atoms with Crippen molar-refractivity contribution in [2.45, 2.75) is 19.0 Å². The molecule has 2 aliphatic rings. The molecule has 1 N–H and O–H groups in total. The molecule has 0 radical (unpaired) electrons. The van der Waals surface area contributed by atoms with E-state index in [4.69, 9.17) is 26.1 Å². The topological polar surface area (TPSA) is 63.0 Å². The highest BCUT2D eigenvalue weighted by atomic mass is 32.1. The van der Waals surface area contributed by atoms with Crippen molar-refractivity contribution >= 4 is 17.3 Å². The highest BCUT2D eigenvalue weighted by molar-refractivity contribution is 7.80. The Kier molecular flexibility index (Phi) is 7.08. The molecule has 4 heterocycles. The summed E-state index contributed by atoms with van der Waals surface area (Å²) in [5, 5.41) is 4.23. The normalized spacial score (nSPS) is 21.0. The number of hydrogen-bond acceptors (Lipinski definition) is 6. The zero-order valence-electron chi connectivity index (χ0n) is 19.4. The largest absolute Gasteiger partial charge is 0.494 e. The summed E-state index contributed by atoms with van der Waals surface area (Å²) in [6, 6.07) is 17.9. The summed E-state index contributed by atoms with van der Waals surface area (Å²) in [7, 11) is 0. The van der Waals surface area contributed by atoms with Gasteiger partial charge in [0, 0.05) is 37.9 Å². The number of aromatic nitrogens is 1. The van der Waals surface area contributed by atoms with E-state index in [0.717, 1.165) is 73.0 Å². The Bertz CT molecular complexity index is 1080. The minimum Gasteiger partial charge on any atom is -0.494 e. The average Bonchev–Trinajstić information content (AvgIpc) is 3.49. The van der Waals surface area contributed by atoms with Crippen LogP contribution < -0.4 is 10.1 Å². The maximum Gasteiger partial charge on any atom is 0.170 e. The van der Waals surface area contributed by atoms with E-state index in [1.54, 1.807) is 0 Å². The first-order chi connectivity index (χ1) is 16.7. The molecule has 2 aromatic heterocycles. The van der Waals surface area contributed by atoms with Gasteiger partial charge in [-0.15, -0.1) is 0 Å². The van der Waals surface area contributed by atoms with Gasteiger partial charge in [-0.25, -0.2) is 0 Å². The van der Waals surface area contributed by atoms with Crippen LogP contribution in [0.4, 0.5) is 0 Å². The number of morpholine rings is 1. The first kappa shape index (κ1) is 22.8. The van der Waals surface area contributed by atoms with Gasteiger partial charge in [0.1, 0.15) is 23.3 Å². The van der Waals surface area contributed by atoms with Gasteiger partial charge in [0.15, 0.2) is 5.11 Å². The van der Waals surface area contributed by atoms with E-state index in [2.05, 4.69) is 26.2 Å². The van der Waals surface area contributed by atoms with Gasteiger partial charge in [-0.2, -0.15) is 0 Å². The molecule has 5 rings (SSSR count). The van der Waals surface area contributed by atoms with Crippen LogP contribution in [0.3, 0.4) is 0 Å². The number of pyridine rings is 1. The van der Waals surface area contributed by atoms with Gasteiger partial charge >= 0.3 is 0 Å². The Morgan fingerprint density at radius 3 is 2.62 bits per heavy atom. The van der Waals surface area contributed by atoms with E-state index >= 15 is 0 Å². The van der Waals surface area contributed by atoms with Crippen molar-refractivity contribution in [2.24, 2.45) is 0 Å². The standard InChI is InChI=1S/C26H30N4O3S/c1-2-32-20-8-6-19(7-9-20)22-10-11-23(33-22)25-24(21-5-3-4-12-27-21)28-26(34)30(25)14-13-29-15-17-31-18-16-29/h3-12,24-25H,2,13-18H2,1H3,(H,28,34)/t24-,25-/m1/s1. The minimum atomic E-state index is -0.0854. The van der Waals surface area contributed by atoms with Crippen molar-refractivity contribution in [3.8, 4) is 17.1 Å². The van der Waals surface area contributed by atoms with Crippen LogP contribution in [0.5, 0.6) is 5.75 Å². The SMILES string of the molecule is CCOc1ccc(-c2ccc([C@@H]3[C@@H](c4ccccn4)NC(=S)N3CCN3CCOCC3)o2)cc1. The first-order valence-corrected chi connectivity index (χ1v) is 12.2. The molecule has 2 saturated heterocycles. The second kappa shape index (κ2) is 10.5. The minimum absolute atomic E-state index is 0.0834. The molecule has 1 aromatic carbocycles. The molecule has 7 nitrogen and oxygen atoms in total.